The Morgan fingerprint density at radius 1 is 1.29 bits per heavy atom. The lowest BCUT2D eigenvalue weighted by Crippen LogP contribution is -2.57. The molecule has 2 bridgehead atoms. The van der Waals surface area contributed by atoms with Gasteiger partial charge in [0, 0.05) is 25.2 Å². The van der Waals surface area contributed by atoms with Crippen LogP contribution in [0.1, 0.15) is 42.9 Å². The number of aryl methyl sites for hydroxylation is 1. The van der Waals surface area contributed by atoms with E-state index in [1.165, 1.54) is 6.07 Å². The van der Waals surface area contributed by atoms with Crippen molar-refractivity contribution in [2.45, 2.75) is 68.4 Å². The molecule has 0 aromatic heterocycles. The lowest BCUT2D eigenvalue weighted by Gasteiger charge is -2.38. The fraction of sp³-hybridized carbons (Fsp3) is 0.609. The van der Waals surface area contributed by atoms with Crippen molar-refractivity contribution >= 4 is 11.8 Å². The zero-order chi connectivity index (χ0) is 21.4. The Labute approximate surface area is 180 Å². The van der Waals surface area contributed by atoms with Crippen molar-refractivity contribution in [3.63, 3.8) is 0 Å². The molecule has 7 nitrogen and oxygen atoms in total. The third-order valence-electron chi connectivity index (χ3n) is 8.06. The molecule has 31 heavy (non-hydrogen) atoms. The number of piperidine rings is 1. The highest BCUT2D eigenvalue weighted by Gasteiger charge is 2.56. The van der Waals surface area contributed by atoms with Crippen molar-refractivity contribution in [2.24, 2.45) is 11.7 Å². The summed E-state index contributed by atoms with van der Waals surface area (Å²) in [6.45, 7) is 1.05. The first kappa shape index (κ1) is 19.2. The van der Waals surface area contributed by atoms with Crippen molar-refractivity contribution in [1.82, 2.24) is 14.7 Å². The number of nitrogens with two attached hydrogens (primary N) is 1. The van der Waals surface area contributed by atoms with Crippen LogP contribution in [0.4, 0.5) is 4.39 Å². The highest BCUT2D eigenvalue weighted by atomic mass is 19.1. The van der Waals surface area contributed by atoms with Gasteiger partial charge >= 0.3 is 0 Å². The molecule has 1 saturated carbocycles. The second-order valence-corrected chi connectivity index (χ2v) is 9.80. The average Bonchev–Trinajstić information content (AvgIpc) is 3.08. The van der Waals surface area contributed by atoms with Gasteiger partial charge in [-0.25, -0.2) is 4.39 Å². The summed E-state index contributed by atoms with van der Waals surface area (Å²) in [7, 11) is 0. The monoisotopic (exact) mass is 423 g/mol. The molecular weight excluding hydrogens is 397 g/mol. The van der Waals surface area contributed by atoms with E-state index in [2.05, 4.69) is 11.0 Å². The molecule has 3 aliphatic heterocycles. The summed E-state index contributed by atoms with van der Waals surface area (Å²) in [6.07, 6.45) is 4.11. The van der Waals surface area contributed by atoms with E-state index in [4.69, 9.17) is 5.73 Å². The fourth-order valence-corrected chi connectivity index (χ4v) is 6.56. The largest absolute Gasteiger partial charge is 0.330 e. The van der Waals surface area contributed by atoms with Gasteiger partial charge in [0.2, 0.25) is 11.8 Å². The van der Waals surface area contributed by atoms with E-state index >= 15 is 0 Å². The first-order valence-corrected chi connectivity index (χ1v) is 11.3. The van der Waals surface area contributed by atoms with Crippen LogP contribution >= 0.6 is 0 Å². The van der Waals surface area contributed by atoms with Gasteiger partial charge in [0.05, 0.1) is 24.2 Å². The summed E-state index contributed by atoms with van der Waals surface area (Å²) in [5.41, 5.74) is 8.35. The minimum absolute atomic E-state index is 0.0170. The summed E-state index contributed by atoms with van der Waals surface area (Å²) in [6, 6.07) is 6.11. The van der Waals surface area contributed by atoms with Gasteiger partial charge in [-0.1, -0.05) is 6.07 Å². The van der Waals surface area contributed by atoms with E-state index in [-0.39, 0.29) is 47.8 Å². The molecular formula is C23H26FN5O2. The number of piperazine rings is 1. The number of likely N-dealkylation sites (tertiary alicyclic amines) is 3. The van der Waals surface area contributed by atoms with E-state index in [1.807, 2.05) is 11.0 Å². The lowest BCUT2D eigenvalue weighted by molar-refractivity contribution is -0.141. The lowest BCUT2D eigenvalue weighted by atomic mass is 10.1. The number of benzene rings is 1. The van der Waals surface area contributed by atoms with E-state index in [9.17, 15) is 19.2 Å². The number of fused-ring (bicyclic) bond motifs is 4. The van der Waals surface area contributed by atoms with Crippen LogP contribution < -0.4 is 5.73 Å². The summed E-state index contributed by atoms with van der Waals surface area (Å²) in [5.74, 6) is 0.168. The van der Waals surface area contributed by atoms with Crippen LogP contribution in [0.2, 0.25) is 0 Å². The van der Waals surface area contributed by atoms with E-state index in [1.54, 1.807) is 11.0 Å². The Hall–Kier alpha value is -2.50. The quantitative estimate of drug-likeness (QED) is 0.778. The number of carbonyl (C=O) groups is 2. The van der Waals surface area contributed by atoms with Crippen molar-refractivity contribution in [1.29, 1.82) is 5.26 Å². The van der Waals surface area contributed by atoms with Crippen molar-refractivity contribution in [3.8, 4) is 6.07 Å². The van der Waals surface area contributed by atoms with Crippen molar-refractivity contribution < 1.29 is 14.0 Å². The molecule has 162 valence electrons. The van der Waals surface area contributed by atoms with Crippen LogP contribution in [0.3, 0.4) is 0 Å². The molecule has 1 aromatic carbocycles. The number of hydrogen-bond donors (Lipinski definition) is 1. The van der Waals surface area contributed by atoms with Crippen molar-refractivity contribution in [3.05, 3.63) is 35.1 Å². The summed E-state index contributed by atoms with van der Waals surface area (Å²) in [4.78, 5) is 31.9. The Morgan fingerprint density at radius 2 is 2.13 bits per heavy atom. The zero-order valence-corrected chi connectivity index (χ0v) is 17.3. The SMILES string of the molecule is N#C[C@@H]1C[C@@H]2CC2N1C(=O)[C@@H](N)CN1C[C@H]2C[C@@H]1C(=O)N2[C@H]1CCc2cc(F)ccc21. The highest BCUT2D eigenvalue weighted by molar-refractivity contribution is 5.87. The molecule has 3 saturated heterocycles. The summed E-state index contributed by atoms with van der Waals surface area (Å²) in [5, 5.41) is 9.36. The van der Waals surface area contributed by atoms with E-state index in [0.717, 1.165) is 43.2 Å². The minimum Gasteiger partial charge on any atom is -0.330 e. The highest BCUT2D eigenvalue weighted by Crippen LogP contribution is 2.48. The maximum absolute atomic E-state index is 13.6. The smallest absolute Gasteiger partial charge is 0.242 e. The first-order valence-electron chi connectivity index (χ1n) is 11.3. The van der Waals surface area contributed by atoms with Crippen molar-refractivity contribution in [2.75, 3.05) is 13.1 Å². The molecule has 1 unspecified atom stereocenters. The number of carbonyl (C=O) groups excluding carboxylic acids is 2. The second-order valence-electron chi connectivity index (χ2n) is 9.80. The van der Waals surface area contributed by atoms with Gasteiger partial charge in [0.1, 0.15) is 11.9 Å². The standard InChI is InChI=1S/C23H26FN5O2/c24-14-2-3-17-12(5-14)1-4-19(17)29-16-8-21(23(29)31)27(10-16)11-18(26)22(30)28-15(9-25)6-13-7-20(13)28/h2-3,5,13,15-16,18-21H,1,4,6-8,10-11,26H2/t13-,15+,16-,18+,19+,20?,21-/m1/s1. The van der Waals surface area contributed by atoms with Crippen LogP contribution in [0, 0.1) is 23.1 Å². The fourth-order valence-electron chi connectivity index (χ4n) is 6.56. The molecule has 2 N–H and O–H groups in total. The number of nitrogens with zero attached hydrogens (tertiary/aromatic N) is 4. The zero-order valence-electron chi connectivity index (χ0n) is 17.3. The van der Waals surface area contributed by atoms with Crippen LogP contribution in [-0.4, -0.2) is 69.8 Å². The van der Waals surface area contributed by atoms with E-state index in [0.29, 0.717) is 19.0 Å². The molecule has 4 fully saturated rings. The van der Waals surface area contributed by atoms with Gasteiger partial charge < -0.3 is 15.5 Å². The predicted octanol–water partition coefficient (Wildman–Crippen LogP) is 0.938. The molecule has 2 amide bonds. The van der Waals surface area contributed by atoms with Gasteiger partial charge in [-0.3, -0.25) is 14.5 Å². The number of hydrogen-bond acceptors (Lipinski definition) is 5. The topological polar surface area (TPSA) is 93.7 Å². The molecule has 0 spiro atoms. The predicted molar refractivity (Wildman–Crippen MR) is 109 cm³/mol. The molecule has 8 heteroatoms. The van der Waals surface area contributed by atoms with Crippen LogP contribution in [0.25, 0.3) is 0 Å². The molecule has 7 atom stereocenters. The third-order valence-corrected chi connectivity index (χ3v) is 8.06. The van der Waals surface area contributed by atoms with Crippen LogP contribution in [-0.2, 0) is 16.0 Å². The van der Waals surface area contributed by atoms with Crippen LogP contribution in [0.5, 0.6) is 0 Å². The van der Waals surface area contributed by atoms with Gasteiger partial charge in [-0.2, -0.15) is 5.26 Å². The summed E-state index contributed by atoms with van der Waals surface area (Å²) >= 11 is 0. The maximum Gasteiger partial charge on any atom is 0.242 e. The molecule has 3 heterocycles. The Morgan fingerprint density at radius 3 is 2.90 bits per heavy atom. The number of nitriles is 1. The average molecular weight is 423 g/mol. The van der Waals surface area contributed by atoms with Crippen LogP contribution in [0.15, 0.2) is 18.2 Å². The Bertz CT molecular complexity index is 1010. The molecule has 1 aromatic rings. The molecule has 2 aliphatic carbocycles. The van der Waals surface area contributed by atoms with Gasteiger partial charge in [0.25, 0.3) is 0 Å². The number of rotatable bonds is 4. The molecule has 0 radical (unpaired) electrons. The number of halogens is 1. The molecule has 5 aliphatic rings. The maximum atomic E-state index is 13.6. The third kappa shape index (κ3) is 2.83. The first-order chi connectivity index (χ1) is 15.0. The number of amides is 2. The van der Waals surface area contributed by atoms with E-state index < -0.39 is 6.04 Å². The normalized spacial score (nSPS) is 36.5. The molecule has 6 rings (SSSR count). The Kier molecular flexibility index (Phi) is 4.18. The second kappa shape index (κ2) is 6.75. The van der Waals surface area contributed by atoms with Gasteiger partial charge in [0.15, 0.2) is 0 Å². The minimum atomic E-state index is -0.717. The Balaban J connectivity index is 1.13. The van der Waals surface area contributed by atoms with Gasteiger partial charge in [-0.05, 0) is 61.3 Å². The van der Waals surface area contributed by atoms with Gasteiger partial charge in [-0.15, -0.1) is 0 Å². The summed E-state index contributed by atoms with van der Waals surface area (Å²) < 4.78 is 13.6.